The third-order valence-electron chi connectivity index (χ3n) is 7.59. The van der Waals surface area contributed by atoms with Crippen LogP contribution >= 0.6 is 0 Å². The summed E-state index contributed by atoms with van der Waals surface area (Å²) >= 11 is 0. The van der Waals surface area contributed by atoms with Crippen LogP contribution in [0.2, 0.25) is 0 Å². The molecule has 0 saturated carbocycles. The van der Waals surface area contributed by atoms with E-state index >= 15 is 0 Å². The molecular weight excluding hydrogens is 442 g/mol. The molecule has 4 amide bonds. The van der Waals surface area contributed by atoms with E-state index in [1.54, 1.807) is 0 Å². The summed E-state index contributed by atoms with van der Waals surface area (Å²) in [6.45, 7) is 4.14. The Morgan fingerprint density at radius 1 is 0.559 bits per heavy atom. The van der Waals surface area contributed by atoms with Crippen molar-refractivity contribution in [3.8, 4) is 0 Å². The predicted octanol–water partition coefficient (Wildman–Crippen LogP) is -5.61. The van der Waals surface area contributed by atoms with Crippen molar-refractivity contribution >= 4 is 23.6 Å². The highest BCUT2D eigenvalue weighted by Crippen LogP contribution is 2.17. The van der Waals surface area contributed by atoms with Crippen LogP contribution in [0.15, 0.2) is 0 Å². The van der Waals surface area contributed by atoms with Gasteiger partial charge in [0.1, 0.15) is 0 Å². The highest BCUT2D eigenvalue weighted by atomic mass is 16.2. The van der Waals surface area contributed by atoms with Gasteiger partial charge in [0.25, 0.3) is 0 Å². The molecule has 0 spiro atoms. The molecule has 0 aromatic carbocycles. The minimum Gasteiger partial charge on any atom is -0.369 e. The molecule has 0 radical (unpaired) electrons. The number of amides is 4. The Morgan fingerprint density at radius 3 is 1.26 bits per heavy atom. The van der Waals surface area contributed by atoms with Gasteiger partial charge in [-0.1, -0.05) is 0 Å². The summed E-state index contributed by atoms with van der Waals surface area (Å²) in [6.07, 6.45) is 0. The summed E-state index contributed by atoms with van der Waals surface area (Å²) in [7, 11) is 1.84. The Hall–Kier alpha value is -2.32. The van der Waals surface area contributed by atoms with Gasteiger partial charge in [-0.05, 0) is 7.05 Å². The van der Waals surface area contributed by atoms with Crippen molar-refractivity contribution in [3.05, 3.63) is 0 Å². The molecule has 34 heavy (non-hydrogen) atoms. The lowest BCUT2D eigenvalue weighted by molar-refractivity contribution is -0.128. The molecule has 4 saturated heterocycles. The van der Waals surface area contributed by atoms with Crippen molar-refractivity contribution in [1.82, 2.24) is 42.5 Å². The minimum absolute atomic E-state index is 0.0645. The second-order valence-corrected chi connectivity index (χ2v) is 9.70. The normalized spacial score (nSPS) is 37.4. The first-order valence-electron chi connectivity index (χ1n) is 12.1. The Kier molecular flexibility index (Phi) is 7.99. The molecule has 4 aliphatic rings. The third kappa shape index (κ3) is 5.33. The SMILES string of the molecule is CNC1CNCC1C(=O)NC1CNCC1C(=O)NC1CNCC1C(=O)NC1CNCC1C(N)=O. The summed E-state index contributed by atoms with van der Waals surface area (Å²) in [6, 6.07) is -0.978. The molecule has 13 nitrogen and oxygen atoms in total. The summed E-state index contributed by atoms with van der Waals surface area (Å²) in [5.41, 5.74) is 5.44. The van der Waals surface area contributed by atoms with E-state index in [4.69, 9.17) is 5.73 Å². The lowest BCUT2D eigenvalue weighted by atomic mass is 9.96. The van der Waals surface area contributed by atoms with Crippen molar-refractivity contribution in [3.63, 3.8) is 0 Å². The van der Waals surface area contributed by atoms with Gasteiger partial charge in [0, 0.05) is 58.4 Å². The van der Waals surface area contributed by atoms with Crippen LogP contribution < -0.4 is 48.3 Å². The fraction of sp³-hybridized carbons (Fsp3) is 0.810. The van der Waals surface area contributed by atoms with E-state index in [-0.39, 0.29) is 47.8 Å². The first-order valence-corrected chi connectivity index (χ1v) is 12.1. The zero-order valence-electron chi connectivity index (χ0n) is 19.5. The van der Waals surface area contributed by atoms with Crippen molar-refractivity contribution in [2.75, 3.05) is 59.4 Å². The Labute approximate surface area is 198 Å². The highest BCUT2D eigenvalue weighted by molar-refractivity contribution is 5.86. The average Bonchev–Trinajstić information content (AvgIpc) is 3.59. The van der Waals surface area contributed by atoms with Crippen LogP contribution in [0.1, 0.15) is 0 Å². The number of rotatable bonds is 8. The van der Waals surface area contributed by atoms with Gasteiger partial charge in [0.15, 0.2) is 0 Å². The molecule has 8 unspecified atom stereocenters. The first kappa shape index (κ1) is 24.8. The van der Waals surface area contributed by atoms with Crippen molar-refractivity contribution in [1.29, 1.82) is 0 Å². The van der Waals surface area contributed by atoms with Gasteiger partial charge in [-0.2, -0.15) is 0 Å². The molecule has 0 aliphatic carbocycles. The van der Waals surface area contributed by atoms with Crippen LogP contribution in [-0.4, -0.2) is 107 Å². The molecule has 4 heterocycles. The number of nitrogens with one attached hydrogen (secondary N) is 8. The average molecular weight is 480 g/mol. The quantitative estimate of drug-likeness (QED) is 0.163. The summed E-state index contributed by atoms with van der Waals surface area (Å²) < 4.78 is 0. The fourth-order valence-electron chi connectivity index (χ4n) is 5.47. The van der Waals surface area contributed by atoms with Gasteiger partial charge in [-0.15, -0.1) is 0 Å². The number of carbonyl (C=O) groups excluding carboxylic acids is 4. The zero-order valence-corrected chi connectivity index (χ0v) is 19.5. The molecule has 0 aromatic rings. The number of primary amides is 1. The zero-order chi connectivity index (χ0) is 24.2. The second kappa shape index (κ2) is 11.0. The van der Waals surface area contributed by atoms with E-state index in [2.05, 4.69) is 42.5 Å². The molecule has 0 aromatic heterocycles. The molecular formula is C21H37N9O4. The highest BCUT2D eigenvalue weighted by Gasteiger charge is 2.42. The van der Waals surface area contributed by atoms with Crippen molar-refractivity contribution in [2.45, 2.75) is 24.2 Å². The van der Waals surface area contributed by atoms with Crippen LogP contribution in [0.3, 0.4) is 0 Å². The van der Waals surface area contributed by atoms with Crippen LogP contribution in [0.25, 0.3) is 0 Å². The van der Waals surface area contributed by atoms with E-state index in [1.165, 1.54) is 0 Å². The van der Waals surface area contributed by atoms with Gasteiger partial charge in [-0.3, -0.25) is 19.2 Å². The van der Waals surface area contributed by atoms with E-state index in [0.29, 0.717) is 45.8 Å². The number of nitrogens with two attached hydrogens (primary N) is 1. The Morgan fingerprint density at radius 2 is 0.882 bits per heavy atom. The van der Waals surface area contributed by atoms with E-state index in [1.807, 2.05) is 7.05 Å². The maximum Gasteiger partial charge on any atom is 0.226 e. The number of hydrogen-bond donors (Lipinski definition) is 9. The largest absolute Gasteiger partial charge is 0.369 e. The topological polar surface area (TPSA) is 191 Å². The molecule has 4 rings (SSSR count). The lowest BCUT2D eigenvalue weighted by Crippen LogP contribution is -2.54. The van der Waals surface area contributed by atoms with Gasteiger partial charge in [0.05, 0.1) is 41.8 Å². The Balaban J connectivity index is 1.31. The Bertz CT molecular complexity index is 796. The molecule has 10 N–H and O–H groups in total. The third-order valence-corrected chi connectivity index (χ3v) is 7.59. The van der Waals surface area contributed by atoms with Crippen molar-refractivity contribution in [2.24, 2.45) is 29.4 Å². The van der Waals surface area contributed by atoms with Crippen LogP contribution in [0.5, 0.6) is 0 Å². The van der Waals surface area contributed by atoms with Crippen LogP contribution in [-0.2, 0) is 19.2 Å². The fourth-order valence-corrected chi connectivity index (χ4v) is 5.47. The lowest BCUT2D eigenvalue weighted by Gasteiger charge is -2.26. The van der Waals surface area contributed by atoms with Gasteiger partial charge >= 0.3 is 0 Å². The molecule has 4 fully saturated rings. The smallest absolute Gasteiger partial charge is 0.226 e. The monoisotopic (exact) mass is 479 g/mol. The molecule has 8 atom stereocenters. The van der Waals surface area contributed by atoms with Crippen LogP contribution in [0, 0.1) is 23.7 Å². The maximum absolute atomic E-state index is 13.1. The van der Waals surface area contributed by atoms with Gasteiger partial charge in [0.2, 0.25) is 23.6 Å². The number of carbonyl (C=O) groups is 4. The molecule has 13 heteroatoms. The van der Waals surface area contributed by atoms with E-state index in [0.717, 1.165) is 6.54 Å². The standard InChI is InChI=1S/C21H37N9O4/c1-23-14-6-25-3-11(14)19(32)29-16-8-27-5-13(16)21(34)30-17-9-26-4-12(17)20(33)28-15-7-24-2-10(15)18(22)31/h10-17,23-27H,2-9H2,1H3,(H2,22,31)(H,28,33)(H,29,32)(H,30,34). The van der Waals surface area contributed by atoms with Gasteiger partial charge < -0.3 is 48.3 Å². The van der Waals surface area contributed by atoms with Crippen molar-refractivity contribution < 1.29 is 19.2 Å². The van der Waals surface area contributed by atoms with E-state index in [9.17, 15) is 19.2 Å². The molecule has 190 valence electrons. The minimum atomic E-state index is -0.457. The predicted molar refractivity (Wildman–Crippen MR) is 123 cm³/mol. The van der Waals surface area contributed by atoms with Crippen LogP contribution in [0.4, 0.5) is 0 Å². The second-order valence-electron chi connectivity index (χ2n) is 9.70. The summed E-state index contributed by atoms with van der Waals surface area (Å²) in [4.78, 5) is 50.5. The summed E-state index contributed by atoms with van der Waals surface area (Å²) in [5, 5.41) is 24.8. The van der Waals surface area contributed by atoms with Gasteiger partial charge in [-0.25, -0.2) is 0 Å². The molecule has 4 aliphatic heterocycles. The molecule has 0 bridgehead atoms. The maximum atomic E-state index is 13.1. The van der Waals surface area contributed by atoms with E-state index < -0.39 is 23.7 Å². The number of hydrogen-bond acceptors (Lipinski definition) is 9. The number of likely N-dealkylation sites (N-methyl/N-ethyl adjacent to an activating group) is 1. The first-order chi connectivity index (χ1) is 16.4. The summed E-state index contributed by atoms with van der Waals surface area (Å²) in [5.74, 6) is -2.42.